The van der Waals surface area contributed by atoms with Crippen LogP contribution in [0.1, 0.15) is 15.9 Å². The van der Waals surface area contributed by atoms with Crippen LogP contribution in [-0.4, -0.2) is 31.9 Å². The highest BCUT2D eigenvalue weighted by Crippen LogP contribution is 2.13. The van der Waals surface area contributed by atoms with Gasteiger partial charge in [-0.05, 0) is 35.9 Å². The van der Waals surface area contributed by atoms with E-state index in [4.69, 9.17) is 5.11 Å². The van der Waals surface area contributed by atoms with Crippen molar-refractivity contribution in [1.82, 2.24) is 5.32 Å². The number of carboxylic acids is 1. The molecule has 2 aromatic carbocycles. The molecule has 25 heavy (non-hydrogen) atoms. The molecule has 0 aliphatic carbocycles. The molecular formula is C17H16N2O5S. The lowest BCUT2D eigenvalue weighted by Gasteiger charge is -2.06. The van der Waals surface area contributed by atoms with Gasteiger partial charge in [0, 0.05) is 11.3 Å². The Morgan fingerprint density at radius 3 is 2.24 bits per heavy atom. The van der Waals surface area contributed by atoms with Crippen molar-refractivity contribution in [3.8, 4) is 0 Å². The topological polar surface area (TPSA) is 113 Å². The van der Waals surface area contributed by atoms with Crippen molar-refractivity contribution < 1.29 is 23.1 Å². The van der Waals surface area contributed by atoms with Gasteiger partial charge in [0.15, 0.2) is 0 Å². The lowest BCUT2D eigenvalue weighted by atomic mass is 10.2. The number of carbonyl (C=O) groups is 2. The van der Waals surface area contributed by atoms with Crippen LogP contribution in [-0.2, 0) is 14.8 Å². The molecule has 130 valence electrons. The summed E-state index contributed by atoms with van der Waals surface area (Å²) in [4.78, 5) is 22.1. The first-order chi connectivity index (χ1) is 11.9. The monoisotopic (exact) mass is 360 g/mol. The van der Waals surface area contributed by atoms with Crippen LogP contribution in [0.25, 0.3) is 6.08 Å². The van der Waals surface area contributed by atoms with Crippen molar-refractivity contribution in [2.75, 3.05) is 11.3 Å². The number of anilines is 1. The van der Waals surface area contributed by atoms with Crippen LogP contribution in [0.2, 0.25) is 0 Å². The molecule has 8 heteroatoms. The highest BCUT2D eigenvalue weighted by molar-refractivity contribution is 7.95. The van der Waals surface area contributed by atoms with Crippen LogP contribution in [0.5, 0.6) is 0 Å². The normalized spacial score (nSPS) is 11.2. The van der Waals surface area contributed by atoms with Gasteiger partial charge in [0.2, 0.25) is 0 Å². The minimum Gasteiger partial charge on any atom is -0.480 e. The number of carboxylic acid groups (broad SMARTS) is 1. The lowest BCUT2D eigenvalue weighted by molar-refractivity contribution is -0.135. The Bertz CT molecular complexity index is 875. The summed E-state index contributed by atoms with van der Waals surface area (Å²) in [7, 11) is -3.70. The minimum absolute atomic E-state index is 0.226. The SMILES string of the molecule is O=C(O)CNC(=O)c1ccc(NS(=O)(=O)/C=C/c2ccccc2)cc1. The van der Waals surface area contributed by atoms with E-state index in [0.717, 1.165) is 11.0 Å². The van der Waals surface area contributed by atoms with Gasteiger partial charge in [0.05, 0.1) is 5.41 Å². The first kappa shape index (κ1) is 18.2. The second-order valence-corrected chi connectivity index (χ2v) is 6.58. The van der Waals surface area contributed by atoms with E-state index in [1.807, 2.05) is 6.07 Å². The summed E-state index contributed by atoms with van der Waals surface area (Å²) >= 11 is 0. The van der Waals surface area contributed by atoms with Crippen LogP contribution < -0.4 is 10.0 Å². The van der Waals surface area contributed by atoms with Gasteiger partial charge in [-0.25, -0.2) is 8.42 Å². The average molecular weight is 360 g/mol. The van der Waals surface area contributed by atoms with E-state index < -0.39 is 28.4 Å². The third-order valence-corrected chi connectivity index (χ3v) is 4.06. The summed E-state index contributed by atoms with van der Waals surface area (Å²) in [6.45, 7) is -0.489. The summed E-state index contributed by atoms with van der Waals surface area (Å²) in [6, 6.07) is 14.6. The zero-order valence-corrected chi connectivity index (χ0v) is 13.9. The molecule has 0 aromatic heterocycles. The number of benzene rings is 2. The first-order valence-electron chi connectivity index (χ1n) is 7.22. The number of aliphatic carboxylic acids is 1. The zero-order valence-electron chi connectivity index (χ0n) is 13.0. The molecule has 0 aliphatic heterocycles. The van der Waals surface area contributed by atoms with Crippen LogP contribution in [0, 0.1) is 0 Å². The minimum atomic E-state index is -3.70. The Kier molecular flexibility index (Phi) is 5.91. The van der Waals surface area contributed by atoms with Gasteiger partial charge >= 0.3 is 5.97 Å². The van der Waals surface area contributed by atoms with Gasteiger partial charge < -0.3 is 10.4 Å². The summed E-state index contributed by atoms with van der Waals surface area (Å²) in [5.41, 5.74) is 1.26. The molecule has 0 saturated heterocycles. The molecule has 0 saturated carbocycles. The van der Waals surface area contributed by atoms with Gasteiger partial charge in [-0.3, -0.25) is 14.3 Å². The number of nitrogens with one attached hydrogen (secondary N) is 2. The quantitative estimate of drug-likeness (QED) is 0.698. The Morgan fingerprint density at radius 2 is 1.64 bits per heavy atom. The first-order valence-corrected chi connectivity index (χ1v) is 8.76. The number of amides is 1. The number of rotatable bonds is 7. The Hall–Kier alpha value is -3.13. The maximum atomic E-state index is 12.0. The Balaban J connectivity index is 2.01. The van der Waals surface area contributed by atoms with Crippen molar-refractivity contribution in [2.45, 2.75) is 0 Å². The maximum absolute atomic E-state index is 12.0. The zero-order chi connectivity index (χ0) is 18.3. The molecule has 7 nitrogen and oxygen atoms in total. The number of hydrogen-bond donors (Lipinski definition) is 3. The van der Waals surface area contributed by atoms with Crippen LogP contribution in [0.15, 0.2) is 60.0 Å². The average Bonchev–Trinajstić information content (AvgIpc) is 2.59. The predicted molar refractivity (Wildman–Crippen MR) is 94.4 cm³/mol. The van der Waals surface area contributed by atoms with Gasteiger partial charge in [0.1, 0.15) is 6.54 Å². The van der Waals surface area contributed by atoms with Gasteiger partial charge in [-0.15, -0.1) is 0 Å². The smallest absolute Gasteiger partial charge is 0.322 e. The van der Waals surface area contributed by atoms with Gasteiger partial charge in [0.25, 0.3) is 15.9 Å². The summed E-state index contributed by atoms with van der Waals surface area (Å²) in [6.07, 6.45) is 1.47. The second-order valence-electron chi connectivity index (χ2n) is 5.01. The largest absolute Gasteiger partial charge is 0.480 e. The van der Waals surface area contributed by atoms with E-state index in [1.165, 1.54) is 30.3 Å². The van der Waals surface area contributed by atoms with Crippen LogP contribution in [0.3, 0.4) is 0 Å². The number of hydrogen-bond acceptors (Lipinski definition) is 4. The molecule has 0 aliphatic rings. The highest BCUT2D eigenvalue weighted by atomic mass is 32.2. The van der Waals surface area contributed by atoms with E-state index >= 15 is 0 Å². The third-order valence-electron chi connectivity index (χ3n) is 3.05. The van der Waals surface area contributed by atoms with Crippen LogP contribution >= 0.6 is 0 Å². The number of sulfonamides is 1. The lowest BCUT2D eigenvalue weighted by Crippen LogP contribution is -2.29. The summed E-state index contributed by atoms with van der Waals surface area (Å²) in [5.74, 6) is -1.70. The summed E-state index contributed by atoms with van der Waals surface area (Å²) < 4.78 is 26.4. The van der Waals surface area contributed by atoms with E-state index in [-0.39, 0.29) is 11.3 Å². The van der Waals surface area contributed by atoms with E-state index in [0.29, 0.717) is 0 Å². The molecule has 1 amide bonds. The van der Waals surface area contributed by atoms with Gasteiger partial charge in [-0.2, -0.15) is 0 Å². The fourth-order valence-corrected chi connectivity index (χ4v) is 2.75. The molecule has 2 aromatic rings. The maximum Gasteiger partial charge on any atom is 0.322 e. The fourth-order valence-electron chi connectivity index (χ4n) is 1.88. The molecule has 3 N–H and O–H groups in total. The van der Waals surface area contributed by atoms with E-state index in [9.17, 15) is 18.0 Å². The van der Waals surface area contributed by atoms with Crippen molar-refractivity contribution >= 4 is 33.7 Å². The number of carbonyl (C=O) groups excluding carboxylic acids is 1. The van der Waals surface area contributed by atoms with E-state index in [2.05, 4.69) is 10.0 Å². The Morgan fingerprint density at radius 1 is 1.00 bits per heavy atom. The van der Waals surface area contributed by atoms with Crippen molar-refractivity contribution in [3.63, 3.8) is 0 Å². The third kappa shape index (κ3) is 6.11. The predicted octanol–water partition coefficient (Wildman–Crippen LogP) is 1.91. The fraction of sp³-hybridized carbons (Fsp3) is 0.0588. The van der Waals surface area contributed by atoms with Crippen molar-refractivity contribution in [2.24, 2.45) is 0 Å². The molecule has 0 atom stereocenters. The summed E-state index contributed by atoms with van der Waals surface area (Å²) in [5, 5.41) is 11.8. The highest BCUT2D eigenvalue weighted by Gasteiger charge is 2.09. The second kappa shape index (κ2) is 8.11. The molecule has 0 radical (unpaired) electrons. The molecule has 0 spiro atoms. The standard InChI is InChI=1S/C17H16N2O5S/c20-16(21)12-18-17(22)14-6-8-15(9-7-14)19-25(23,24)11-10-13-4-2-1-3-5-13/h1-11,19H,12H2,(H,18,22)(H,20,21)/b11-10+. The van der Waals surface area contributed by atoms with Crippen molar-refractivity contribution in [3.05, 3.63) is 71.1 Å². The van der Waals surface area contributed by atoms with Crippen molar-refractivity contribution in [1.29, 1.82) is 0 Å². The molecular weight excluding hydrogens is 344 g/mol. The van der Waals surface area contributed by atoms with Crippen LogP contribution in [0.4, 0.5) is 5.69 Å². The van der Waals surface area contributed by atoms with Gasteiger partial charge in [-0.1, -0.05) is 30.3 Å². The molecule has 0 fully saturated rings. The van der Waals surface area contributed by atoms with E-state index in [1.54, 1.807) is 24.3 Å². The molecule has 0 bridgehead atoms. The Labute approximate surface area is 145 Å². The molecule has 2 rings (SSSR count). The molecule has 0 unspecified atom stereocenters. The molecule has 0 heterocycles.